The maximum absolute atomic E-state index is 6.54. The van der Waals surface area contributed by atoms with E-state index in [9.17, 15) is 0 Å². The Morgan fingerprint density at radius 1 is 0.733 bits per heavy atom. The topological polar surface area (TPSA) is 46.2 Å². The van der Waals surface area contributed by atoms with Crippen molar-refractivity contribution in [2.24, 2.45) is 0 Å². The predicted octanol–water partition coefficient (Wildman–Crippen LogP) is 6.17. The molecule has 0 heterocycles. The Kier molecular flexibility index (Phi) is 7.13. The van der Waals surface area contributed by atoms with Gasteiger partial charge in [0.05, 0.1) is 28.4 Å². The molecule has 0 unspecified atom stereocenters. The van der Waals surface area contributed by atoms with Crippen LogP contribution in [0.5, 0.6) is 28.7 Å². The van der Waals surface area contributed by atoms with Crippen LogP contribution in [0.4, 0.5) is 0 Å². The zero-order chi connectivity index (χ0) is 22.7. The van der Waals surface area contributed by atoms with Crippen LogP contribution in [0.1, 0.15) is 31.9 Å². The average Bonchev–Trinajstić information content (AvgIpc) is 2.70. The largest absolute Gasteiger partial charge is 0.541 e. The van der Waals surface area contributed by atoms with E-state index < -0.39 is 8.32 Å². The van der Waals surface area contributed by atoms with Gasteiger partial charge in [-0.2, -0.15) is 0 Å². The van der Waals surface area contributed by atoms with Crippen LogP contribution < -0.4 is 23.4 Å². The fourth-order valence-electron chi connectivity index (χ4n) is 2.79. The number of rotatable bonds is 8. The second kappa shape index (κ2) is 9.04. The number of ether oxygens (including phenoxy) is 4. The first kappa shape index (κ1) is 23.7. The zero-order valence-corrected chi connectivity index (χ0v) is 20.6. The lowest BCUT2D eigenvalue weighted by Gasteiger charge is -2.36. The van der Waals surface area contributed by atoms with Gasteiger partial charge in [0.15, 0.2) is 17.2 Å². The Balaban J connectivity index is 2.51. The molecule has 0 saturated carbocycles. The Morgan fingerprint density at radius 3 is 1.67 bits per heavy atom. The number of methoxy groups -OCH3 is 4. The fourth-order valence-corrected chi connectivity index (χ4v) is 3.81. The van der Waals surface area contributed by atoms with E-state index in [1.54, 1.807) is 28.4 Å². The lowest BCUT2D eigenvalue weighted by Crippen LogP contribution is -2.43. The minimum absolute atomic E-state index is 0.0712. The van der Waals surface area contributed by atoms with Crippen LogP contribution >= 0.6 is 0 Å². The highest BCUT2D eigenvalue weighted by Crippen LogP contribution is 2.43. The second-order valence-corrected chi connectivity index (χ2v) is 13.3. The normalized spacial score (nSPS) is 11.6. The van der Waals surface area contributed by atoms with Crippen molar-refractivity contribution in [2.75, 3.05) is 28.4 Å². The standard InChI is InChI=1S/C24H34O5Si/c1-16(18-14-21(26-6)23(28-8)22(15-18)27-7)17-11-12-19(25-5)20(13-17)29-30(9,10)24(2,3)4/h11-15H,1H2,2-10H3. The summed E-state index contributed by atoms with van der Waals surface area (Å²) in [4.78, 5) is 0. The van der Waals surface area contributed by atoms with Crippen LogP contribution in [0.15, 0.2) is 36.9 Å². The van der Waals surface area contributed by atoms with Gasteiger partial charge in [0.2, 0.25) is 5.75 Å². The monoisotopic (exact) mass is 430 g/mol. The third-order valence-corrected chi connectivity index (χ3v) is 10.0. The van der Waals surface area contributed by atoms with Gasteiger partial charge in [-0.3, -0.25) is 0 Å². The van der Waals surface area contributed by atoms with Gasteiger partial charge in [0, 0.05) is 0 Å². The molecule has 0 aliphatic heterocycles. The fraction of sp³-hybridized carbons (Fsp3) is 0.417. The Hall–Kier alpha value is -2.60. The van der Waals surface area contributed by atoms with E-state index in [0.29, 0.717) is 23.0 Å². The Bertz CT molecular complexity index is 887. The van der Waals surface area contributed by atoms with E-state index in [2.05, 4.69) is 40.4 Å². The van der Waals surface area contributed by atoms with Crippen molar-refractivity contribution in [1.82, 2.24) is 0 Å². The smallest absolute Gasteiger partial charge is 0.250 e. The second-order valence-electron chi connectivity index (χ2n) is 8.62. The highest BCUT2D eigenvalue weighted by Gasteiger charge is 2.39. The van der Waals surface area contributed by atoms with Crippen LogP contribution in [0.3, 0.4) is 0 Å². The number of hydrogen-bond acceptors (Lipinski definition) is 5. The van der Waals surface area contributed by atoms with Gasteiger partial charge >= 0.3 is 0 Å². The molecule has 6 heteroatoms. The highest BCUT2D eigenvalue weighted by atomic mass is 28.4. The van der Waals surface area contributed by atoms with E-state index in [-0.39, 0.29) is 5.04 Å². The van der Waals surface area contributed by atoms with Gasteiger partial charge in [0.1, 0.15) is 5.75 Å². The molecular formula is C24H34O5Si. The van der Waals surface area contributed by atoms with Gasteiger partial charge in [-0.25, -0.2) is 0 Å². The SMILES string of the molecule is C=C(c1ccc(OC)c(O[Si](C)(C)C(C)(C)C)c1)c1cc(OC)c(OC)c(OC)c1. The Labute approximate surface area is 181 Å². The zero-order valence-electron chi connectivity index (χ0n) is 19.6. The van der Waals surface area contributed by atoms with E-state index in [1.165, 1.54) is 0 Å². The first-order valence-corrected chi connectivity index (χ1v) is 12.8. The Morgan fingerprint density at radius 2 is 1.23 bits per heavy atom. The summed E-state index contributed by atoms with van der Waals surface area (Å²) in [7, 11) is 4.40. The molecule has 2 aromatic carbocycles. The van der Waals surface area contributed by atoms with E-state index in [1.807, 2.05) is 30.3 Å². The van der Waals surface area contributed by atoms with Crippen molar-refractivity contribution >= 4 is 13.9 Å². The molecule has 0 radical (unpaired) electrons. The third kappa shape index (κ3) is 4.75. The number of hydrogen-bond donors (Lipinski definition) is 0. The van der Waals surface area contributed by atoms with Crippen LogP contribution in [0.2, 0.25) is 18.1 Å². The molecule has 164 valence electrons. The van der Waals surface area contributed by atoms with E-state index in [4.69, 9.17) is 23.4 Å². The molecule has 0 atom stereocenters. The summed E-state index contributed by atoms with van der Waals surface area (Å²) in [5.41, 5.74) is 2.61. The number of benzene rings is 2. The van der Waals surface area contributed by atoms with Crippen molar-refractivity contribution in [3.63, 3.8) is 0 Å². The summed E-state index contributed by atoms with van der Waals surface area (Å²) >= 11 is 0. The molecule has 0 aliphatic carbocycles. The third-order valence-electron chi connectivity index (χ3n) is 5.70. The lowest BCUT2D eigenvalue weighted by atomic mass is 9.98. The first-order valence-electron chi connectivity index (χ1n) is 9.85. The van der Waals surface area contributed by atoms with Crippen molar-refractivity contribution in [3.05, 3.63) is 48.0 Å². The molecule has 0 fully saturated rings. The van der Waals surface area contributed by atoms with Crippen LogP contribution in [0.25, 0.3) is 5.57 Å². The molecule has 2 aromatic rings. The maximum Gasteiger partial charge on any atom is 0.250 e. The van der Waals surface area contributed by atoms with Crippen molar-refractivity contribution in [3.8, 4) is 28.7 Å². The predicted molar refractivity (Wildman–Crippen MR) is 125 cm³/mol. The summed E-state index contributed by atoms with van der Waals surface area (Å²) in [5.74, 6) is 3.16. The van der Waals surface area contributed by atoms with Crippen LogP contribution in [-0.4, -0.2) is 36.8 Å². The molecule has 0 N–H and O–H groups in total. The molecule has 0 aliphatic rings. The quantitative estimate of drug-likeness (QED) is 0.469. The highest BCUT2D eigenvalue weighted by molar-refractivity contribution is 6.74. The summed E-state index contributed by atoms with van der Waals surface area (Å²) in [6, 6.07) is 9.67. The van der Waals surface area contributed by atoms with Gasteiger partial charge in [0.25, 0.3) is 8.32 Å². The minimum atomic E-state index is -2.04. The molecule has 0 saturated heterocycles. The minimum Gasteiger partial charge on any atom is -0.541 e. The van der Waals surface area contributed by atoms with E-state index in [0.717, 1.165) is 22.4 Å². The van der Waals surface area contributed by atoms with Crippen LogP contribution in [0, 0.1) is 0 Å². The van der Waals surface area contributed by atoms with Gasteiger partial charge in [-0.1, -0.05) is 33.4 Å². The molecule has 0 amide bonds. The molecular weight excluding hydrogens is 396 g/mol. The molecule has 0 spiro atoms. The molecule has 30 heavy (non-hydrogen) atoms. The summed E-state index contributed by atoms with van der Waals surface area (Å²) in [6.07, 6.45) is 0. The van der Waals surface area contributed by atoms with Crippen molar-refractivity contribution in [2.45, 2.75) is 38.9 Å². The van der Waals surface area contributed by atoms with E-state index >= 15 is 0 Å². The maximum atomic E-state index is 6.54. The van der Waals surface area contributed by atoms with Crippen molar-refractivity contribution < 1.29 is 23.4 Å². The van der Waals surface area contributed by atoms with Crippen molar-refractivity contribution in [1.29, 1.82) is 0 Å². The van der Waals surface area contributed by atoms with Crippen LogP contribution in [-0.2, 0) is 0 Å². The summed E-state index contributed by atoms with van der Waals surface area (Å²) in [5, 5.41) is 0.0712. The summed E-state index contributed by atoms with van der Waals surface area (Å²) < 4.78 is 28.5. The first-order chi connectivity index (χ1) is 14.0. The summed E-state index contributed by atoms with van der Waals surface area (Å²) in [6.45, 7) is 15.4. The van der Waals surface area contributed by atoms with Gasteiger partial charge < -0.3 is 23.4 Å². The molecule has 0 aromatic heterocycles. The lowest BCUT2D eigenvalue weighted by molar-refractivity contribution is 0.324. The molecule has 5 nitrogen and oxygen atoms in total. The molecule has 0 bridgehead atoms. The van der Waals surface area contributed by atoms with Gasteiger partial charge in [-0.05, 0) is 59.1 Å². The molecule has 2 rings (SSSR count). The average molecular weight is 431 g/mol. The van der Waals surface area contributed by atoms with Gasteiger partial charge in [-0.15, -0.1) is 0 Å².